The van der Waals surface area contributed by atoms with Crippen molar-refractivity contribution in [2.75, 3.05) is 13.2 Å². The maximum atomic E-state index is 11.6. The fraction of sp³-hybridized carbons (Fsp3) is 0.750. The molecule has 1 atom stereocenters. The molecule has 58 valence electrons. The predicted molar refractivity (Wildman–Crippen MR) is 41.5 cm³/mol. The molecule has 0 saturated heterocycles. The molecule has 0 aromatic carbocycles. The highest BCUT2D eigenvalue weighted by molar-refractivity contribution is 4.98. The molecular weight excluding hydrogens is 129 g/mol. The van der Waals surface area contributed by atoms with E-state index in [1.165, 1.54) is 0 Å². The summed E-state index contributed by atoms with van der Waals surface area (Å²) in [5.74, 6) is 2.56. The first-order valence-corrected chi connectivity index (χ1v) is 3.60. The number of halogens is 1. The van der Waals surface area contributed by atoms with E-state index in [2.05, 4.69) is 18.2 Å². The van der Waals surface area contributed by atoms with Gasteiger partial charge in [0.25, 0.3) is 0 Å². The normalized spacial score (nSPS) is 12.5. The van der Waals surface area contributed by atoms with Crippen LogP contribution >= 0.6 is 0 Å². The molecule has 0 heterocycles. The third kappa shape index (κ3) is 4.34. The summed E-state index contributed by atoms with van der Waals surface area (Å²) in [5, 5.41) is 2.91. The molecule has 1 nitrogen and oxygen atoms in total. The highest BCUT2D eigenvalue weighted by Gasteiger charge is 1.99. The average molecular weight is 143 g/mol. The van der Waals surface area contributed by atoms with E-state index in [1.54, 1.807) is 0 Å². The summed E-state index contributed by atoms with van der Waals surface area (Å²) in [7, 11) is 0. The van der Waals surface area contributed by atoms with Crippen molar-refractivity contribution in [1.29, 1.82) is 0 Å². The zero-order chi connectivity index (χ0) is 7.82. The Morgan fingerprint density at radius 2 is 2.40 bits per heavy atom. The maximum Gasteiger partial charge on any atom is 0.102 e. The molecule has 0 aliphatic rings. The van der Waals surface area contributed by atoms with E-state index in [9.17, 15) is 4.39 Å². The van der Waals surface area contributed by atoms with Gasteiger partial charge in [0, 0.05) is 6.54 Å². The van der Waals surface area contributed by atoms with Gasteiger partial charge in [0.05, 0.1) is 6.04 Å². The zero-order valence-corrected chi connectivity index (χ0v) is 6.36. The molecule has 0 fully saturated rings. The summed E-state index contributed by atoms with van der Waals surface area (Å²) < 4.78 is 11.6. The summed E-state index contributed by atoms with van der Waals surface area (Å²) in [4.78, 5) is 0. The van der Waals surface area contributed by atoms with Gasteiger partial charge in [0.15, 0.2) is 0 Å². The van der Waals surface area contributed by atoms with Crippen molar-refractivity contribution in [3.05, 3.63) is 0 Å². The molecule has 0 aromatic rings. The Balaban J connectivity index is 3.33. The Morgan fingerprint density at radius 3 is 2.80 bits per heavy atom. The van der Waals surface area contributed by atoms with Crippen LogP contribution in [0.3, 0.4) is 0 Å². The van der Waals surface area contributed by atoms with Crippen LogP contribution in [0.15, 0.2) is 0 Å². The van der Waals surface area contributed by atoms with Crippen LogP contribution in [0.25, 0.3) is 0 Å². The molecule has 0 aliphatic heterocycles. The Labute approximate surface area is 62.0 Å². The van der Waals surface area contributed by atoms with Crippen LogP contribution in [-0.4, -0.2) is 19.3 Å². The lowest BCUT2D eigenvalue weighted by atomic mass is 10.2. The predicted octanol–water partition coefficient (Wildman–Crippen LogP) is 1.35. The van der Waals surface area contributed by atoms with Gasteiger partial charge in [-0.3, -0.25) is 0 Å². The van der Waals surface area contributed by atoms with E-state index in [0.29, 0.717) is 6.54 Å². The van der Waals surface area contributed by atoms with Crippen LogP contribution in [-0.2, 0) is 0 Å². The van der Waals surface area contributed by atoms with E-state index in [-0.39, 0.29) is 12.7 Å². The molecule has 0 amide bonds. The lowest BCUT2D eigenvalue weighted by Gasteiger charge is -2.08. The quantitative estimate of drug-likeness (QED) is 0.573. The van der Waals surface area contributed by atoms with Crippen molar-refractivity contribution >= 4 is 0 Å². The van der Waals surface area contributed by atoms with E-state index in [1.807, 2.05) is 0 Å². The van der Waals surface area contributed by atoms with Crippen LogP contribution in [0.5, 0.6) is 0 Å². The van der Waals surface area contributed by atoms with Crippen LogP contribution in [0.1, 0.15) is 19.8 Å². The standard InChI is InChI=1S/C8H14FN/c1-3-5-8(4-2)10-7-6-9/h2,8,10H,3,5-7H2,1H3. The molecule has 0 saturated carbocycles. The number of hydrogen-bond acceptors (Lipinski definition) is 1. The third-order valence-electron chi connectivity index (χ3n) is 1.26. The molecule has 1 unspecified atom stereocenters. The monoisotopic (exact) mass is 143 g/mol. The van der Waals surface area contributed by atoms with Gasteiger partial charge in [0.1, 0.15) is 6.67 Å². The first kappa shape index (κ1) is 9.45. The van der Waals surface area contributed by atoms with E-state index < -0.39 is 0 Å². The SMILES string of the molecule is C#CC(CCC)NCCF. The topological polar surface area (TPSA) is 12.0 Å². The van der Waals surface area contributed by atoms with Crippen molar-refractivity contribution in [3.63, 3.8) is 0 Å². The van der Waals surface area contributed by atoms with E-state index >= 15 is 0 Å². The second-order valence-electron chi connectivity index (χ2n) is 2.15. The Hall–Kier alpha value is -0.550. The van der Waals surface area contributed by atoms with Crippen molar-refractivity contribution in [1.82, 2.24) is 5.32 Å². The number of alkyl halides is 1. The Kier molecular flexibility index (Phi) is 6.21. The van der Waals surface area contributed by atoms with Crippen LogP contribution in [0.4, 0.5) is 4.39 Å². The lowest BCUT2D eigenvalue weighted by molar-refractivity contribution is 0.446. The van der Waals surface area contributed by atoms with Gasteiger partial charge in [-0.05, 0) is 6.42 Å². The van der Waals surface area contributed by atoms with Crippen molar-refractivity contribution in [2.24, 2.45) is 0 Å². The first-order valence-electron chi connectivity index (χ1n) is 3.60. The molecule has 0 bridgehead atoms. The van der Waals surface area contributed by atoms with Crippen LogP contribution in [0, 0.1) is 12.3 Å². The fourth-order valence-corrected chi connectivity index (χ4v) is 0.762. The second-order valence-corrected chi connectivity index (χ2v) is 2.15. The molecular formula is C8H14FN. The molecule has 0 radical (unpaired) electrons. The van der Waals surface area contributed by atoms with Crippen molar-refractivity contribution in [2.45, 2.75) is 25.8 Å². The van der Waals surface area contributed by atoms with Crippen molar-refractivity contribution in [3.8, 4) is 12.3 Å². The van der Waals surface area contributed by atoms with Gasteiger partial charge < -0.3 is 5.32 Å². The molecule has 0 spiro atoms. The van der Waals surface area contributed by atoms with Crippen LogP contribution in [0.2, 0.25) is 0 Å². The van der Waals surface area contributed by atoms with Gasteiger partial charge in [-0.25, -0.2) is 4.39 Å². The number of nitrogens with one attached hydrogen (secondary N) is 1. The molecule has 0 aromatic heterocycles. The summed E-state index contributed by atoms with van der Waals surface area (Å²) in [5.41, 5.74) is 0. The summed E-state index contributed by atoms with van der Waals surface area (Å²) in [6.45, 7) is 2.08. The molecule has 0 rings (SSSR count). The Bertz CT molecular complexity index is 106. The lowest BCUT2D eigenvalue weighted by Crippen LogP contribution is -2.29. The van der Waals surface area contributed by atoms with Crippen molar-refractivity contribution < 1.29 is 4.39 Å². The van der Waals surface area contributed by atoms with Gasteiger partial charge >= 0.3 is 0 Å². The zero-order valence-electron chi connectivity index (χ0n) is 6.36. The van der Waals surface area contributed by atoms with Gasteiger partial charge in [-0.2, -0.15) is 0 Å². The minimum atomic E-state index is -0.345. The van der Waals surface area contributed by atoms with Gasteiger partial charge in [0.2, 0.25) is 0 Å². The second kappa shape index (κ2) is 6.57. The molecule has 0 aliphatic carbocycles. The Morgan fingerprint density at radius 1 is 1.70 bits per heavy atom. The number of terminal acetylenes is 1. The summed E-state index contributed by atoms with van der Waals surface area (Å²) in [6.07, 6.45) is 7.13. The summed E-state index contributed by atoms with van der Waals surface area (Å²) in [6, 6.07) is 0.0562. The highest BCUT2D eigenvalue weighted by atomic mass is 19.1. The van der Waals surface area contributed by atoms with Gasteiger partial charge in [-0.1, -0.05) is 19.3 Å². The van der Waals surface area contributed by atoms with E-state index in [0.717, 1.165) is 12.8 Å². The first-order chi connectivity index (χ1) is 4.85. The average Bonchev–Trinajstić information content (AvgIpc) is 1.98. The van der Waals surface area contributed by atoms with Gasteiger partial charge in [-0.15, -0.1) is 6.42 Å². The number of hydrogen-bond donors (Lipinski definition) is 1. The summed E-state index contributed by atoms with van der Waals surface area (Å²) >= 11 is 0. The highest BCUT2D eigenvalue weighted by Crippen LogP contribution is 1.93. The van der Waals surface area contributed by atoms with Crippen LogP contribution < -0.4 is 5.32 Å². The van der Waals surface area contributed by atoms with E-state index in [4.69, 9.17) is 6.42 Å². The molecule has 2 heteroatoms. The minimum absolute atomic E-state index is 0.0562. The fourth-order valence-electron chi connectivity index (χ4n) is 0.762. The largest absolute Gasteiger partial charge is 0.301 e. The smallest absolute Gasteiger partial charge is 0.102 e. The molecule has 1 N–H and O–H groups in total. The number of rotatable bonds is 5. The third-order valence-corrected chi connectivity index (χ3v) is 1.26. The maximum absolute atomic E-state index is 11.6. The minimum Gasteiger partial charge on any atom is -0.301 e. The molecule has 10 heavy (non-hydrogen) atoms.